The fourth-order valence-electron chi connectivity index (χ4n) is 3.08. The number of hydrogen-bond donors (Lipinski definition) is 1. The second-order valence-corrected chi connectivity index (χ2v) is 7.62. The van der Waals surface area contributed by atoms with Crippen LogP contribution in [0.4, 0.5) is 5.69 Å². The van der Waals surface area contributed by atoms with Crippen LogP contribution in [0.15, 0.2) is 29.2 Å². The number of piperazine rings is 3. The lowest BCUT2D eigenvalue weighted by atomic mass is 10.1. The van der Waals surface area contributed by atoms with Crippen LogP contribution in [0.2, 0.25) is 0 Å². The van der Waals surface area contributed by atoms with E-state index in [-0.39, 0.29) is 0 Å². The quantitative estimate of drug-likeness (QED) is 0.877. The van der Waals surface area contributed by atoms with E-state index in [9.17, 15) is 8.42 Å². The zero-order valence-electron chi connectivity index (χ0n) is 11.7. The predicted octanol–water partition coefficient (Wildman–Crippen LogP) is 0.502. The number of nitrogens with zero attached hydrogens (tertiary/aromatic N) is 2. The van der Waals surface area contributed by atoms with Crippen molar-refractivity contribution in [2.75, 3.05) is 50.8 Å². The fourth-order valence-corrected chi connectivity index (χ4v) is 3.95. The molecule has 0 aliphatic carbocycles. The molecule has 0 saturated carbocycles. The van der Waals surface area contributed by atoms with Crippen LogP contribution in [0.3, 0.4) is 0 Å². The van der Waals surface area contributed by atoms with Gasteiger partial charge < -0.3 is 5.32 Å². The summed E-state index contributed by atoms with van der Waals surface area (Å²) >= 11 is 0. The summed E-state index contributed by atoms with van der Waals surface area (Å²) in [5.41, 5.74) is 0.715. The smallest absolute Gasteiger partial charge is 0.177 e. The fraction of sp³-hybridized carbons (Fsp3) is 0.571. The van der Waals surface area contributed by atoms with Crippen molar-refractivity contribution in [3.63, 3.8) is 0 Å². The standard InChI is InChI=1S/C14H21N3O2S/c1-20(18,19)14-5-3-2-4-13(14)15-10-12-11-16-6-8-17(12)9-7-16/h2-5,12,15H,6-11H2,1H3. The molecule has 1 unspecified atom stereocenters. The number of benzene rings is 1. The average Bonchev–Trinajstić information content (AvgIpc) is 2.46. The van der Waals surface area contributed by atoms with Crippen molar-refractivity contribution in [2.24, 2.45) is 0 Å². The molecule has 0 amide bonds. The second-order valence-electron chi connectivity index (χ2n) is 5.64. The van der Waals surface area contributed by atoms with Crippen LogP contribution >= 0.6 is 0 Å². The van der Waals surface area contributed by atoms with E-state index in [0.717, 1.165) is 39.3 Å². The van der Waals surface area contributed by atoms with E-state index in [0.29, 0.717) is 16.6 Å². The first-order valence-electron chi connectivity index (χ1n) is 7.03. The molecule has 3 saturated heterocycles. The Hall–Kier alpha value is -1.11. The van der Waals surface area contributed by atoms with Crippen LogP contribution in [0.25, 0.3) is 0 Å². The molecule has 3 heterocycles. The first-order chi connectivity index (χ1) is 9.54. The molecule has 20 heavy (non-hydrogen) atoms. The third kappa shape index (κ3) is 2.82. The number of sulfone groups is 1. The molecule has 5 nitrogen and oxygen atoms in total. The lowest BCUT2D eigenvalue weighted by molar-refractivity contribution is 0.0189. The highest BCUT2D eigenvalue weighted by Crippen LogP contribution is 2.22. The molecule has 2 bridgehead atoms. The number of anilines is 1. The van der Waals surface area contributed by atoms with Crippen LogP contribution < -0.4 is 5.32 Å². The molecule has 1 N–H and O–H groups in total. The third-order valence-electron chi connectivity index (χ3n) is 4.21. The van der Waals surface area contributed by atoms with Gasteiger partial charge in [0.15, 0.2) is 9.84 Å². The van der Waals surface area contributed by atoms with Crippen LogP contribution in [0.5, 0.6) is 0 Å². The lowest BCUT2D eigenvalue weighted by Crippen LogP contribution is -2.62. The molecule has 0 radical (unpaired) electrons. The summed E-state index contributed by atoms with van der Waals surface area (Å²) in [5, 5.41) is 3.33. The maximum atomic E-state index is 11.8. The van der Waals surface area contributed by atoms with Crippen molar-refractivity contribution in [1.29, 1.82) is 0 Å². The Morgan fingerprint density at radius 1 is 1.20 bits per heavy atom. The van der Waals surface area contributed by atoms with Crippen molar-refractivity contribution >= 4 is 15.5 Å². The van der Waals surface area contributed by atoms with E-state index in [4.69, 9.17) is 0 Å². The molecule has 0 aromatic heterocycles. The Bertz CT molecular complexity index is 580. The Labute approximate surface area is 120 Å². The minimum absolute atomic E-state index is 0.385. The van der Waals surface area contributed by atoms with E-state index >= 15 is 0 Å². The van der Waals surface area contributed by atoms with E-state index < -0.39 is 9.84 Å². The van der Waals surface area contributed by atoms with E-state index in [1.54, 1.807) is 12.1 Å². The number of fused-ring (bicyclic) bond motifs is 3. The van der Waals surface area contributed by atoms with Crippen molar-refractivity contribution in [1.82, 2.24) is 9.80 Å². The second kappa shape index (κ2) is 5.35. The van der Waals surface area contributed by atoms with Gasteiger partial charge in [-0.25, -0.2) is 8.42 Å². The summed E-state index contributed by atoms with van der Waals surface area (Å²) in [6.07, 6.45) is 1.26. The number of hydrogen-bond acceptors (Lipinski definition) is 5. The summed E-state index contributed by atoms with van der Waals surface area (Å²) in [4.78, 5) is 5.36. The van der Waals surface area contributed by atoms with Gasteiger partial charge in [-0.15, -0.1) is 0 Å². The summed E-state index contributed by atoms with van der Waals surface area (Å²) in [7, 11) is -3.18. The summed E-state index contributed by atoms with van der Waals surface area (Å²) in [6.45, 7) is 6.45. The summed E-state index contributed by atoms with van der Waals surface area (Å²) in [6, 6.07) is 7.61. The maximum absolute atomic E-state index is 11.8. The van der Waals surface area contributed by atoms with Crippen LogP contribution in [-0.4, -0.2) is 69.8 Å². The van der Waals surface area contributed by atoms with Gasteiger partial charge in [0.25, 0.3) is 0 Å². The third-order valence-corrected chi connectivity index (χ3v) is 5.36. The predicted molar refractivity (Wildman–Crippen MR) is 79.8 cm³/mol. The SMILES string of the molecule is CS(=O)(=O)c1ccccc1NCC1CN2CCN1CC2. The number of rotatable bonds is 4. The molecule has 1 aromatic rings. The molecular formula is C14H21N3O2S. The number of nitrogens with one attached hydrogen (secondary N) is 1. The molecule has 3 aliphatic heterocycles. The number of para-hydroxylation sites is 1. The van der Waals surface area contributed by atoms with Crippen molar-refractivity contribution in [2.45, 2.75) is 10.9 Å². The molecule has 1 atom stereocenters. The van der Waals surface area contributed by atoms with E-state index in [1.807, 2.05) is 12.1 Å². The molecule has 110 valence electrons. The molecule has 0 spiro atoms. The topological polar surface area (TPSA) is 52.7 Å². The van der Waals surface area contributed by atoms with Gasteiger partial charge in [-0.1, -0.05) is 12.1 Å². The van der Waals surface area contributed by atoms with Gasteiger partial charge in [0.05, 0.1) is 10.6 Å². The van der Waals surface area contributed by atoms with Gasteiger partial charge in [0.2, 0.25) is 0 Å². The first kappa shape index (κ1) is 13.9. The first-order valence-corrected chi connectivity index (χ1v) is 8.92. The van der Waals surface area contributed by atoms with Gasteiger partial charge in [-0.2, -0.15) is 0 Å². The van der Waals surface area contributed by atoms with Gasteiger partial charge in [-0.3, -0.25) is 9.80 Å². The normalized spacial score (nSPS) is 29.4. The summed E-state index contributed by atoms with van der Waals surface area (Å²) in [5.74, 6) is 0. The molecule has 4 rings (SSSR count). The lowest BCUT2D eigenvalue weighted by Gasteiger charge is -2.47. The minimum atomic E-state index is -3.18. The van der Waals surface area contributed by atoms with Crippen molar-refractivity contribution < 1.29 is 8.42 Å². The average molecular weight is 295 g/mol. The highest BCUT2D eigenvalue weighted by Gasteiger charge is 2.31. The minimum Gasteiger partial charge on any atom is -0.382 e. The Morgan fingerprint density at radius 3 is 2.50 bits per heavy atom. The molecule has 6 heteroatoms. The Morgan fingerprint density at radius 2 is 1.90 bits per heavy atom. The van der Waals surface area contributed by atoms with E-state index in [1.165, 1.54) is 6.26 Å². The van der Waals surface area contributed by atoms with Gasteiger partial charge in [0.1, 0.15) is 0 Å². The zero-order chi connectivity index (χ0) is 14.2. The van der Waals surface area contributed by atoms with Gasteiger partial charge in [0, 0.05) is 51.6 Å². The van der Waals surface area contributed by atoms with Gasteiger partial charge >= 0.3 is 0 Å². The van der Waals surface area contributed by atoms with Crippen LogP contribution in [0.1, 0.15) is 0 Å². The largest absolute Gasteiger partial charge is 0.382 e. The molecular weight excluding hydrogens is 274 g/mol. The highest BCUT2D eigenvalue weighted by atomic mass is 32.2. The van der Waals surface area contributed by atoms with Crippen molar-refractivity contribution in [3.8, 4) is 0 Å². The Kier molecular flexibility index (Phi) is 3.70. The monoisotopic (exact) mass is 295 g/mol. The van der Waals surface area contributed by atoms with Crippen molar-refractivity contribution in [3.05, 3.63) is 24.3 Å². The zero-order valence-corrected chi connectivity index (χ0v) is 12.6. The molecule has 3 aliphatic rings. The van der Waals surface area contributed by atoms with Crippen LogP contribution in [-0.2, 0) is 9.84 Å². The Balaban J connectivity index is 1.70. The highest BCUT2D eigenvalue weighted by molar-refractivity contribution is 7.90. The molecule has 3 fully saturated rings. The van der Waals surface area contributed by atoms with Crippen LogP contribution in [0, 0.1) is 0 Å². The maximum Gasteiger partial charge on any atom is 0.177 e. The van der Waals surface area contributed by atoms with E-state index in [2.05, 4.69) is 15.1 Å². The summed E-state index contributed by atoms with van der Waals surface area (Å²) < 4.78 is 23.5. The van der Waals surface area contributed by atoms with Gasteiger partial charge in [-0.05, 0) is 12.1 Å². The molecule has 1 aromatic carbocycles.